The third-order valence-electron chi connectivity index (χ3n) is 3.39. The van der Waals surface area contributed by atoms with Crippen molar-refractivity contribution in [1.82, 2.24) is 9.97 Å². The fourth-order valence-corrected chi connectivity index (χ4v) is 2.38. The molecule has 2 aromatic carbocycles. The van der Waals surface area contributed by atoms with E-state index in [1.165, 1.54) is 30.6 Å². The maximum absolute atomic E-state index is 14.4. The molecule has 3 rings (SSSR count). The van der Waals surface area contributed by atoms with Crippen LogP contribution < -0.4 is 5.73 Å². The Morgan fingerprint density at radius 3 is 2.43 bits per heavy atom. The molecule has 0 spiro atoms. The fraction of sp³-hybridized carbons (Fsp3) is 0. The van der Waals surface area contributed by atoms with Crippen LogP contribution in [0.15, 0.2) is 54.9 Å². The van der Waals surface area contributed by atoms with Crippen LogP contribution in [0.3, 0.4) is 0 Å². The molecule has 5 nitrogen and oxygen atoms in total. The van der Waals surface area contributed by atoms with Crippen LogP contribution >= 0.6 is 0 Å². The minimum absolute atomic E-state index is 0.0859. The van der Waals surface area contributed by atoms with Crippen LogP contribution in [0.2, 0.25) is 0 Å². The highest BCUT2D eigenvalue weighted by Gasteiger charge is 2.18. The topological polar surface area (TPSA) is 89.1 Å². The van der Waals surface area contributed by atoms with Gasteiger partial charge in [-0.15, -0.1) is 0 Å². The van der Waals surface area contributed by atoms with Crippen molar-refractivity contribution in [1.29, 1.82) is 0 Å². The van der Waals surface area contributed by atoms with Gasteiger partial charge >= 0.3 is 5.97 Å². The van der Waals surface area contributed by atoms with Gasteiger partial charge in [0.15, 0.2) is 0 Å². The third-order valence-corrected chi connectivity index (χ3v) is 3.39. The molecule has 23 heavy (non-hydrogen) atoms. The Hall–Kier alpha value is -3.28. The summed E-state index contributed by atoms with van der Waals surface area (Å²) in [5.41, 5.74) is 6.91. The van der Waals surface area contributed by atoms with Gasteiger partial charge in [0.1, 0.15) is 11.6 Å². The highest BCUT2D eigenvalue weighted by Crippen LogP contribution is 2.34. The van der Waals surface area contributed by atoms with E-state index in [0.29, 0.717) is 11.1 Å². The molecule has 0 bridgehead atoms. The number of nitrogens with zero attached hydrogens (tertiary/aromatic N) is 2. The van der Waals surface area contributed by atoms with Crippen molar-refractivity contribution in [2.45, 2.75) is 0 Å². The number of nitrogen functional groups attached to an aromatic ring is 1. The minimum Gasteiger partial charge on any atom is -0.478 e. The fourth-order valence-electron chi connectivity index (χ4n) is 2.38. The first-order chi connectivity index (χ1) is 11.1. The van der Waals surface area contributed by atoms with Gasteiger partial charge in [0.05, 0.1) is 23.7 Å². The molecule has 114 valence electrons. The van der Waals surface area contributed by atoms with E-state index < -0.39 is 11.8 Å². The Morgan fingerprint density at radius 1 is 1.00 bits per heavy atom. The second-order valence-electron chi connectivity index (χ2n) is 4.84. The number of rotatable bonds is 3. The van der Waals surface area contributed by atoms with Gasteiger partial charge in [0.25, 0.3) is 0 Å². The molecule has 0 fully saturated rings. The summed E-state index contributed by atoms with van der Waals surface area (Å²) >= 11 is 0. The molecule has 1 heterocycles. The van der Waals surface area contributed by atoms with Gasteiger partial charge in [0.2, 0.25) is 0 Å². The van der Waals surface area contributed by atoms with Crippen molar-refractivity contribution in [3.8, 4) is 22.4 Å². The molecular formula is C17H12FN3O2. The van der Waals surface area contributed by atoms with Crippen LogP contribution in [0, 0.1) is 5.82 Å². The Bertz CT molecular complexity index is 879. The van der Waals surface area contributed by atoms with Crippen LogP contribution in [0.5, 0.6) is 0 Å². The van der Waals surface area contributed by atoms with E-state index in [9.17, 15) is 14.3 Å². The summed E-state index contributed by atoms with van der Waals surface area (Å²) in [7, 11) is 0. The predicted octanol–water partition coefficient (Wildman–Crippen LogP) is 3.23. The summed E-state index contributed by atoms with van der Waals surface area (Å²) in [6, 6.07) is 10.9. The second-order valence-corrected chi connectivity index (χ2v) is 4.84. The first kappa shape index (κ1) is 14.6. The van der Waals surface area contributed by atoms with Crippen molar-refractivity contribution in [2.24, 2.45) is 0 Å². The lowest BCUT2D eigenvalue weighted by Crippen LogP contribution is -2.01. The molecule has 0 aliphatic heterocycles. The number of benzene rings is 2. The van der Waals surface area contributed by atoms with Gasteiger partial charge in [-0.25, -0.2) is 14.2 Å². The predicted molar refractivity (Wildman–Crippen MR) is 84.2 cm³/mol. The van der Waals surface area contributed by atoms with Crippen LogP contribution in [0.25, 0.3) is 22.4 Å². The van der Waals surface area contributed by atoms with Crippen molar-refractivity contribution in [3.05, 3.63) is 66.2 Å². The van der Waals surface area contributed by atoms with Gasteiger partial charge in [0, 0.05) is 5.56 Å². The number of nitrogens with two attached hydrogens (primary N) is 1. The third kappa shape index (κ3) is 2.74. The summed E-state index contributed by atoms with van der Waals surface area (Å²) in [6.07, 6.45) is 2.69. The lowest BCUT2D eigenvalue weighted by Gasteiger charge is -2.12. The lowest BCUT2D eigenvalue weighted by atomic mass is 9.93. The highest BCUT2D eigenvalue weighted by molar-refractivity contribution is 5.98. The lowest BCUT2D eigenvalue weighted by molar-refractivity contribution is 0.0697. The van der Waals surface area contributed by atoms with E-state index in [2.05, 4.69) is 9.97 Å². The normalized spacial score (nSPS) is 10.5. The standard InChI is InChI=1S/C17H12FN3O2/c18-13-7-3-6-11(10-4-1-2-5-12(10)17(22)23)16(13)14-8-21-15(19)9-20-14/h1-9H,(H2,19,21)(H,22,23). The molecule has 3 aromatic rings. The number of aromatic nitrogens is 2. The SMILES string of the molecule is Nc1cnc(-c2c(F)cccc2-c2ccccc2C(=O)O)cn1. The second kappa shape index (κ2) is 5.84. The van der Waals surface area contributed by atoms with E-state index in [1.54, 1.807) is 24.3 Å². The molecule has 0 unspecified atom stereocenters. The van der Waals surface area contributed by atoms with Crippen LogP contribution in [-0.4, -0.2) is 21.0 Å². The number of hydrogen-bond donors (Lipinski definition) is 2. The van der Waals surface area contributed by atoms with E-state index in [4.69, 9.17) is 5.73 Å². The van der Waals surface area contributed by atoms with Crippen molar-refractivity contribution >= 4 is 11.8 Å². The number of anilines is 1. The van der Waals surface area contributed by atoms with Gasteiger partial charge in [-0.3, -0.25) is 4.98 Å². The first-order valence-electron chi connectivity index (χ1n) is 6.77. The van der Waals surface area contributed by atoms with Gasteiger partial charge in [-0.1, -0.05) is 30.3 Å². The monoisotopic (exact) mass is 309 g/mol. The average molecular weight is 309 g/mol. The van der Waals surface area contributed by atoms with Gasteiger partial charge < -0.3 is 10.8 Å². The summed E-state index contributed by atoms with van der Waals surface area (Å²) in [4.78, 5) is 19.5. The summed E-state index contributed by atoms with van der Waals surface area (Å²) in [5, 5.41) is 9.36. The molecule has 0 amide bonds. The Kier molecular flexibility index (Phi) is 3.72. The van der Waals surface area contributed by atoms with Gasteiger partial charge in [-0.05, 0) is 23.3 Å². The highest BCUT2D eigenvalue weighted by atomic mass is 19.1. The van der Waals surface area contributed by atoms with Crippen molar-refractivity contribution in [3.63, 3.8) is 0 Å². The van der Waals surface area contributed by atoms with E-state index in [0.717, 1.165) is 0 Å². The zero-order chi connectivity index (χ0) is 16.4. The van der Waals surface area contributed by atoms with Crippen LogP contribution in [0.4, 0.5) is 10.2 Å². The Labute approximate surface area is 131 Å². The molecule has 0 saturated carbocycles. The molecule has 0 radical (unpaired) electrons. The quantitative estimate of drug-likeness (QED) is 0.775. The number of halogens is 1. The molecular weight excluding hydrogens is 297 g/mol. The number of carbonyl (C=O) groups is 1. The van der Waals surface area contributed by atoms with Gasteiger partial charge in [-0.2, -0.15) is 0 Å². The van der Waals surface area contributed by atoms with E-state index in [-0.39, 0.29) is 22.6 Å². The number of carboxylic acids is 1. The van der Waals surface area contributed by atoms with Crippen molar-refractivity contribution < 1.29 is 14.3 Å². The maximum atomic E-state index is 14.4. The van der Waals surface area contributed by atoms with Crippen LogP contribution in [-0.2, 0) is 0 Å². The molecule has 0 aliphatic carbocycles. The van der Waals surface area contributed by atoms with E-state index >= 15 is 0 Å². The zero-order valence-electron chi connectivity index (χ0n) is 11.9. The zero-order valence-corrected chi connectivity index (χ0v) is 11.9. The number of carboxylic acid groups (broad SMARTS) is 1. The maximum Gasteiger partial charge on any atom is 0.336 e. The summed E-state index contributed by atoms with van der Waals surface area (Å²) in [5.74, 6) is -1.38. The Balaban J connectivity index is 2.28. The minimum atomic E-state index is -1.08. The largest absolute Gasteiger partial charge is 0.478 e. The molecule has 0 saturated heterocycles. The molecule has 0 atom stereocenters. The van der Waals surface area contributed by atoms with Crippen LogP contribution in [0.1, 0.15) is 10.4 Å². The smallest absolute Gasteiger partial charge is 0.336 e. The first-order valence-corrected chi connectivity index (χ1v) is 6.77. The molecule has 0 aliphatic rings. The summed E-state index contributed by atoms with van der Waals surface area (Å²) in [6.45, 7) is 0. The number of aromatic carboxylic acids is 1. The summed E-state index contributed by atoms with van der Waals surface area (Å²) < 4.78 is 14.4. The Morgan fingerprint density at radius 2 is 1.74 bits per heavy atom. The average Bonchev–Trinajstić information content (AvgIpc) is 2.55. The molecule has 1 aromatic heterocycles. The van der Waals surface area contributed by atoms with E-state index in [1.807, 2.05) is 0 Å². The molecule has 3 N–H and O–H groups in total. The van der Waals surface area contributed by atoms with Crippen molar-refractivity contribution in [2.75, 3.05) is 5.73 Å². The number of hydrogen-bond acceptors (Lipinski definition) is 4. The molecule has 6 heteroatoms.